The third-order valence-corrected chi connectivity index (χ3v) is 3.76. The van der Waals surface area contributed by atoms with Crippen molar-refractivity contribution in [2.24, 2.45) is 11.8 Å². The topological polar surface area (TPSA) is 57.5 Å². The Bertz CT molecular complexity index is 402. The van der Waals surface area contributed by atoms with Crippen molar-refractivity contribution in [2.45, 2.75) is 25.4 Å². The molecule has 2 N–H and O–H groups in total. The number of halogens is 1. The maximum Gasteiger partial charge on any atom is 0.306 e. The number of aliphatic carboxylic acids is 1. The highest BCUT2D eigenvalue weighted by Gasteiger charge is 2.37. The van der Waals surface area contributed by atoms with E-state index >= 15 is 0 Å². The zero-order valence-corrected chi connectivity index (χ0v) is 10.1. The largest absolute Gasteiger partial charge is 0.481 e. The van der Waals surface area contributed by atoms with Gasteiger partial charge in [-0.05, 0) is 30.5 Å². The normalized spacial score (nSPS) is 25.8. The van der Waals surface area contributed by atoms with Crippen LogP contribution in [0.1, 0.15) is 30.9 Å². The Morgan fingerprint density at radius 1 is 1.29 bits per heavy atom. The molecule has 0 bridgehead atoms. The van der Waals surface area contributed by atoms with Gasteiger partial charge in [0.15, 0.2) is 0 Å². The van der Waals surface area contributed by atoms with E-state index in [1.54, 1.807) is 24.3 Å². The van der Waals surface area contributed by atoms with Crippen LogP contribution in [0.5, 0.6) is 0 Å². The van der Waals surface area contributed by atoms with Crippen LogP contribution < -0.4 is 0 Å². The second kappa shape index (κ2) is 5.07. The zero-order valence-electron chi connectivity index (χ0n) is 9.34. The van der Waals surface area contributed by atoms with Crippen LogP contribution in [0.25, 0.3) is 0 Å². The molecule has 0 aromatic heterocycles. The van der Waals surface area contributed by atoms with E-state index < -0.39 is 18.0 Å². The fourth-order valence-electron chi connectivity index (χ4n) is 2.58. The predicted molar refractivity (Wildman–Crippen MR) is 64.9 cm³/mol. The van der Waals surface area contributed by atoms with Crippen molar-refractivity contribution < 1.29 is 15.0 Å². The number of aliphatic hydroxyl groups is 1. The number of aliphatic hydroxyl groups excluding tert-OH is 1. The zero-order chi connectivity index (χ0) is 12.4. The Kier molecular flexibility index (Phi) is 3.69. The predicted octanol–water partition coefficient (Wildman–Crippen LogP) is 2.87. The molecule has 0 heterocycles. The third kappa shape index (κ3) is 2.61. The van der Waals surface area contributed by atoms with Gasteiger partial charge in [0.1, 0.15) is 0 Å². The van der Waals surface area contributed by atoms with Gasteiger partial charge in [0.05, 0.1) is 12.0 Å². The second-order valence-corrected chi connectivity index (χ2v) is 4.97. The smallest absolute Gasteiger partial charge is 0.306 e. The summed E-state index contributed by atoms with van der Waals surface area (Å²) in [7, 11) is 0. The lowest BCUT2D eigenvalue weighted by Gasteiger charge is -2.22. The highest BCUT2D eigenvalue weighted by atomic mass is 35.5. The molecular weight excluding hydrogens is 240 g/mol. The molecule has 1 aliphatic rings. The summed E-state index contributed by atoms with van der Waals surface area (Å²) in [6, 6.07) is 6.93. The molecule has 3 unspecified atom stereocenters. The summed E-state index contributed by atoms with van der Waals surface area (Å²) in [5.74, 6) is -1.42. The monoisotopic (exact) mass is 254 g/mol. The Labute approximate surface area is 105 Å². The lowest BCUT2D eigenvalue weighted by molar-refractivity contribution is -0.144. The number of carboxylic acid groups (broad SMARTS) is 1. The summed E-state index contributed by atoms with van der Waals surface area (Å²) < 4.78 is 0. The highest BCUT2D eigenvalue weighted by molar-refractivity contribution is 6.30. The minimum Gasteiger partial charge on any atom is -0.481 e. The fraction of sp³-hybridized carbons (Fsp3) is 0.462. The third-order valence-electron chi connectivity index (χ3n) is 3.50. The van der Waals surface area contributed by atoms with E-state index in [0.717, 1.165) is 18.4 Å². The summed E-state index contributed by atoms with van der Waals surface area (Å²) in [6.07, 6.45) is 1.58. The fourth-order valence-corrected chi connectivity index (χ4v) is 2.71. The Morgan fingerprint density at radius 2 is 1.94 bits per heavy atom. The molecule has 1 aromatic carbocycles. The average molecular weight is 255 g/mol. The minimum atomic E-state index is -0.805. The molecule has 2 rings (SSSR count). The van der Waals surface area contributed by atoms with E-state index in [0.29, 0.717) is 11.4 Å². The molecule has 17 heavy (non-hydrogen) atoms. The van der Waals surface area contributed by atoms with Crippen molar-refractivity contribution in [1.29, 1.82) is 0 Å². The van der Waals surface area contributed by atoms with Crippen molar-refractivity contribution in [3.05, 3.63) is 34.9 Å². The van der Waals surface area contributed by atoms with Crippen LogP contribution in [0, 0.1) is 11.8 Å². The van der Waals surface area contributed by atoms with E-state index in [1.165, 1.54) is 0 Å². The summed E-state index contributed by atoms with van der Waals surface area (Å²) >= 11 is 5.78. The molecule has 0 saturated heterocycles. The number of carbonyl (C=O) groups is 1. The molecule has 1 aromatic rings. The summed E-state index contributed by atoms with van der Waals surface area (Å²) in [5.41, 5.74) is 0.743. The SMILES string of the molecule is O=C(O)C1CCCC1C(O)c1ccc(Cl)cc1. The van der Waals surface area contributed by atoms with Gasteiger partial charge in [-0.2, -0.15) is 0 Å². The summed E-state index contributed by atoms with van der Waals surface area (Å²) in [6.45, 7) is 0. The van der Waals surface area contributed by atoms with Crippen molar-refractivity contribution >= 4 is 17.6 Å². The molecule has 0 spiro atoms. The Balaban J connectivity index is 2.16. The van der Waals surface area contributed by atoms with Crippen LogP contribution >= 0.6 is 11.6 Å². The second-order valence-electron chi connectivity index (χ2n) is 4.54. The van der Waals surface area contributed by atoms with Crippen LogP contribution in [0.4, 0.5) is 0 Å². The molecular formula is C13H15ClO3. The lowest BCUT2D eigenvalue weighted by atomic mass is 9.87. The Hall–Kier alpha value is -1.06. The van der Waals surface area contributed by atoms with Crippen LogP contribution in [0.3, 0.4) is 0 Å². The summed E-state index contributed by atoms with van der Waals surface area (Å²) in [5, 5.41) is 19.9. The van der Waals surface area contributed by atoms with E-state index in [-0.39, 0.29) is 5.92 Å². The first-order valence-corrected chi connectivity index (χ1v) is 6.13. The van der Waals surface area contributed by atoms with Gasteiger partial charge in [-0.25, -0.2) is 0 Å². The molecule has 3 nitrogen and oxygen atoms in total. The average Bonchev–Trinajstić information content (AvgIpc) is 2.78. The van der Waals surface area contributed by atoms with Crippen molar-refractivity contribution in [3.8, 4) is 0 Å². The molecule has 4 heteroatoms. The molecule has 1 saturated carbocycles. The molecule has 3 atom stereocenters. The van der Waals surface area contributed by atoms with Gasteiger partial charge in [0, 0.05) is 10.9 Å². The van der Waals surface area contributed by atoms with Crippen molar-refractivity contribution in [1.82, 2.24) is 0 Å². The van der Waals surface area contributed by atoms with E-state index in [9.17, 15) is 9.90 Å². The first kappa shape index (κ1) is 12.4. The molecule has 1 fully saturated rings. The number of hydrogen-bond acceptors (Lipinski definition) is 2. The van der Waals surface area contributed by atoms with Gasteiger partial charge in [-0.1, -0.05) is 30.2 Å². The van der Waals surface area contributed by atoms with E-state index in [4.69, 9.17) is 16.7 Å². The molecule has 0 amide bonds. The van der Waals surface area contributed by atoms with Crippen molar-refractivity contribution in [2.75, 3.05) is 0 Å². The number of rotatable bonds is 3. The standard InChI is InChI=1S/C13H15ClO3/c14-9-6-4-8(5-7-9)12(15)10-2-1-3-11(10)13(16)17/h4-7,10-12,15H,1-3H2,(H,16,17). The first-order chi connectivity index (χ1) is 8.09. The number of carboxylic acids is 1. The maximum atomic E-state index is 11.1. The van der Waals surface area contributed by atoms with Gasteiger partial charge in [0.25, 0.3) is 0 Å². The van der Waals surface area contributed by atoms with Gasteiger partial charge in [-0.3, -0.25) is 4.79 Å². The van der Waals surface area contributed by atoms with Gasteiger partial charge < -0.3 is 10.2 Å². The van der Waals surface area contributed by atoms with Crippen LogP contribution in [-0.2, 0) is 4.79 Å². The van der Waals surface area contributed by atoms with Crippen LogP contribution in [0.2, 0.25) is 5.02 Å². The van der Waals surface area contributed by atoms with Gasteiger partial charge in [0.2, 0.25) is 0 Å². The van der Waals surface area contributed by atoms with Crippen LogP contribution in [-0.4, -0.2) is 16.2 Å². The number of hydrogen-bond donors (Lipinski definition) is 2. The molecule has 0 radical (unpaired) electrons. The first-order valence-electron chi connectivity index (χ1n) is 5.76. The lowest BCUT2D eigenvalue weighted by Crippen LogP contribution is -2.23. The van der Waals surface area contributed by atoms with E-state index in [1.807, 2.05) is 0 Å². The van der Waals surface area contributed by atoms with Gasteiger partial charge >= 0.3 is 5.97 Å². The van der Waals surface area contributed by atoms with Gasteiger partial charge in [-0.15, -0.1) is 0 Å². The van der Waals surface area contributed by atoms with Crippen molar-refractivity contribution in [3.63, 3.8) is 0 Å². The van der Waals surface area contributed by atoms with Crippen LogP contribution in [0.15, 0.2) is 24.3 Å². The minimum absolute atomic E-state index is 0.186. The number of benzene rings is 1. The maximum absolute atomic E-state index is 11.1. The highest BCUT2D eigenvalue weighted by Crippen LogP contribution is 2.40. The summed E-state index contributed by atoms with van der Waals surface area (Å²) in [4.78, 5) is 11.1. The molecule has 0 aliphatic heterocycles. The Morgan fingerprint density at radius 3 is 2.53 bits per heavy atom. The molecule has 1 aliphatic carbocycles. The quantitative estimate of drug-likeness (QED) is 0.872. The van der Waals surface area contributed by atoms with E-state index in [2.05, 4.69) is 0 Å². The molecule has 92 valence electrons.